The van der Waals surface area contributed by atoms with Crippen LogP contribution in [0.15, 0.2) is 72.4 Å². The average Bonchev–Trinajstić information content (AvgIpc) is 3.32. The summed E-state index contributed by atoms with van der Waals surface area (Å²) < 4.78 is 21.4. The smallest absolute Gasteiger partial charge is 0.338 e. The number of anilines is 2. The number of nitrogens with one attached hydrogen (secondary N) is 1. The molecule has 0 fully saturated rings. The molecule has 0 amide bonds. The van der Waals surface area contributed by atoms with Crippen molar-refractivity contribution in [2.45, 2.75) is 0 Å². The number of esters is 1. The van der Waals surface area contributed by atoms with Gasteiger partial charge in [-0.2, -0.15) is 0 Å². The molecule has 0 atom stereocenters. The van der Waals surface area contributed by atoms with Gasteiger partial charge in [0.15, 0.2) is 0 Å². The Hall–Kier alpha value is -3.88. The fraction of sp³-hybridized carbons (Fsp3) is 0.148. The first kappa shape index (κ1) is 22.9. The highest BCUT2D eigenvalue weighted by Gasteiger charge is 2.14. The molecule has 176 valence electrons. The zero-order valence-corrected chi connectivity index (χ0v) is 20.1. The molecule has 0 unspecified atom stereocenters. The number of nitrogens with zero attached hydrogens (tertiary/aromatic N) is 3. The summed E-state index contributed by atoms with van der Waals surface area (Å²) in [6.45, 7) is 0.851. The van der Waals surface area contributed by atoms with Gasteiger partial charge in [0, 0.05) is 35.1 Å². The Kier molecular flexibility index (Phi) is 6.39. The Morgan fingerprint density at radius 2 is 1.91 bits per heavy atom. The summed E-state index contributed by atoms with van der Waals surface area (Å²) in [5, 5.41) is 4.30. The number of likely N-dealkylation sites (N-methyl/N-ethyl adjacent to an activating group) is 1. The fourth-order valence-electron chi connectivity index (χ4n) is 3.79. The Labute approximate surface area is 206 Å². The molecule has 5 aromatic rings. The van der Waals surface area contributed by atoms with Gasteiger partial charge in [-0.15, -0.1) is 11.3 Å². The van der Waals surface area contributed by atoms with Crippen molar-refractivity contribution in [3.8, 4) is 11.1 Å². The van der Waals surface area contributed by atoms with Gasteiger partial charge in [0.05, 0.1) is 26.8 Å². The summed E-state index contributed by atoms with van der Waals surface area (Å²) in [7, 11) is 3.78. The van der Waals surface area contributed by atoms with Crippen LogP contribution in [0, 0.1) is 5.82 Å². The molecule has 3 aromatic carbocycles. The summed E-state index contributed by atoms with van der Waals surface area (Å²) in [4.78, 5) is 23.0. The van der Waals surface area contributed by atoms with Crippen LogP contribution < -0.4 is 5.32 Å². The van der Waals surface area contributed by atoms with Crippen LogP contribution in [0.2, 0.25) is 0 Å². The van der Waals surface area contributed by atoms with E-state index in [1.807, 2.05) is 67.0 Å². The van der Waals surface area contributed by atoms with E-state index in [1.54, 1.807) is 29.7 Å². The molecule has 1 N–H and O–H groups in total. The molecule has 6 nitrogen and oxygen atoms in total. The minimum atomic E-state index is -0.538. The molecule has 2 aromatic heterocycles. The third kappa shape index (κ3) is 4.99. The van der Waals surface area contributed by atoms with Crippen LogP contribution >= 0.6 is 11.3 Å². The van der Waals surface area contributed by atoms with Crippen LogP contribution in [0.25, 0.3) is 32.2 Å². The number of pyridine rings is 1. The molecule has 0 saturated heterocycles. The Morgan fingerprint density at radius 1 is 1.03 bits per heavy atom. The first-order chi connectivity index (χ1) is 17.0. The second-order valence-corrected chi connectivity index (χ2v) is 9.27. The van der Waals surface area contributed by atoms with Gasteiger partial charge in [-0.05, 0) is 68.2 Å². The Bertz CT molecular complexity index is 1530. The molecular formula is C27H23FN4O2S. The lowest BCUT2D eigenvalue weighted by Gasteiger charge is -2.12. The molecule has 0 saturated carbocycles. The lowest BCUT2D eigenvalue weighted by atomic mass is 10.0. The number of carbonyl (C=O) groups is 1. The van der Waals surface area contributed by atoms with Crippen LogP contribution in [-0.2, 0) is 4.74 Å². The molecule has 0 aliphatic carbocycles. The average molecular weight is 487 g/mol. The predicted octanol–water partition coefficient (Wildman–Crippen LogP) is 6.11. The Balaban J connectivity index is 1.43. The number of thiazole rings is 1. The minimum Gasteiger partial charge on any atom is -0.461 e. The predicted molar refractivity (Wildman–Crippen MR) is 139 cm³/mol. The van der Waals surface area contributed by atoms with Crippen LogP contribution in [0.1, 0.15) is 10.4 Å². The van der Waals surface area contributed by atoms with Gasteiger partial charge in [0.25, 0.3) is 0 Å². The van der Waals surface area contributed by atoms with Crippen molar-refractivity contribution in [2.24, 2.45) is 0 Å². The number of benzene rings is 3. The van der Waals surface area contributed by atoms with Crippen LogP contribution in [-0.4, -0.2) is 48.1 Å². The first-order valence-corrected chi connectivity index (χ1v) is 12.0. The number of hydrogen-bond donors (Lipinski definition) is 1. The van der Waals surface area contributed by atoms with Crippen molar-refractivity contribution >= 4 is 49.8 Å². The van der Waals surface area contributed by atoms with E-state index >= 15 is 4.39 Å². The quantitative estimate of drug-likeness (QED) is 0.280. The second-order valence-electron chi connectivity index (χ2n) is 8.38. The fourth-order valence-corrected chi connectivity index (χ4v) is 4.45. The van der Waals surface area contributed by atoms with E-state index in [-0.39, 0.29) is 12.2 Å². The van der Waals surface area contributed by atoms with Crippen molar-refractivity contribution in [2.75, 3.05) is 32.6 Å². The molecular weight excluding hydrogens is 463 g/mol. The van der Waals surface area contributed by atoms with Crippen LogP contribution in [0.3, 0.4) is 0 Å². The van der Waals surface area contributed by atoms with E-state index in [4.69, 9.17) is 4.74 Å². The standard InChI is InChI=1S/C27H23FN4O2S/c1-32(2)11-12-34-27(33)18-3-6-20(22(28)14-18)17-4-7-23-21(13-17)24(9-10-29-23)31-19-5-8-26-25(15-19)30-16-35-26/h3-10,13-16H,11-12H2,1-2H3,(H,29,31). The van der Waals surface area contributed by atoms with Gasteiger partial charge in [-0.25, -0.2) is 14.2 Å². The largest absolute Gasteiger partial charge is 0.461 e. The zero-order chi connectivity index (χ0) is 24.4. The maximum atomic E-state index is 15.1. The number of rotatable bonds is 7. The van der Waals surface area contributed by atoms with E-state index < -0.39 is 11.8 Å². The third-order valence-corrected chi connectivity index (χ3v) is 6.45. The van der Waals surface area contributed by atoms with E-state index in [0.29, 0.717) is 17.7 Å². The number of ether oxygens (including phenoxy) is 1. The van der Waals surface area contributed by atoms with E-state index in [0.717, 1.165) is 32.5 Å². The second kappa shape index (κ2) is 9.77. The van der Waals surface area contributed by atoms with E-state index in [9.17, 15) is 4.79 Å². The zero-order valence-electron chi connectivity index (χ0n) is 19.3. The highest BCUT2D eigenvalue weighted by molar-refractivity contribution is 7.16. The molecule has 0 aliphatic heterocycles. The van der Waals surface area contributed by atoms with Crippen LogP contribution in [0.5, 0.6) is 0 Å². The topological polar surface area (TPSA) is 67.3 Å². The van der Waals surface area contributed by atoms with Gasteiger partial charge >= 0.3 is 5.97 Å². The molecule has 0 bridgehead atoms. The summed E-state index contributed by atoms with van der Waals surface area (Å²) in [5.74, 6) is -1.03. The van der Waals surface area contributed by atoms with Gasteiger partial charge in [-0.1, -0.05) is 12.1 Å². The summed E-state index contributed by atoms with van der Waals surface area (Å²) in [6.07, 6.45) is 1.74. The summed E-state index contributed by atoms with van der Waals surface area (Å²) in [6, 6.07) is 17.9. The number of halogens is 1. The van der Waals surface area contributed by atoms with E-state index in [2.05, 4.69) is 15.3 Å². The molecule has 5 rings (SSSR count). The van der Waals surface area contributed by atoms with E-state index in [1.165, 1.54) is 6.07 Å². The van der Waals surface area contributed by atoms with Gasteiger partial charge in [0.2, 0.25) is 0 Å². The number of carbonyl (C=O) groups excluding carboxylic acids is 1. The van der Waals surface area contributed by atoms with Crippen LogP contribution in [0.4, 0.5) is 15.8 Å². The van der Waals surface area contributed by atoms with Crippen molar-refractivity contribution in [3.63, 3.8) is 0 Å². The van der Waals surface area contributed by atoms with Crippen molar-refractivity contribution < 1.29 is 13.9 Å². The van der Waals surface area contributed by atoms with Crippen molar-refractivity contribution in [1.29, 1.82) is 0 Å². The highest BCUT2D eigenvalue weighted by Crippen LogP contribution is 2.32. The minimum absolute atomic E-state index is 0.187. The summed E-state index contributed by atoms with van der Waals surface area (Å²) in [5.41, 5.74) is 6.58. The molecule has 8 heteroatoms. The monoisotopic (exact) mass is 486 g/mol. The SMILES string of the molecule is CN(C)CCOC(=O)c1ccc(-c2ccc3nccc(Nc4ccc5scnc5c4)c3c2)c(F)c1. The van der Waals surface area contributed by atoms with Crippen molar-refractivity contribution in [3.05, 3.63) is 83.8 Å². The molecule has 2 heterocycles. The number of aromatic nitrogens is 2. The number of hydrogen-bond acceptors (Lipinski definition) is 7. The lowest BCUT2D eigenvalue weighted by Crippen LogP contribution is -2.20. The number of fused-ring (bicyclic) bond motifs is 2. The van der Waals surface area contributed by atoms with Gasteiger partial charge in [0.1, 0.15) is 12.4 Å². The lowest BCUT2D eigenvalue weighted by molar-refractivity contribution is 0.0481. The summed E-state index contributed by atoms with van der Waals surface area (Å²) >= 11 is 1.60. The molecule has 0 aliphatic rings. The first-order valence-electron chi connectivity index (χ1n) is 11.1. The molecule has 0 radical (unpaired) electrons. The highest BCUT2D eigenvalue weighted by atomic mass is 32.1. The van der Waals surface area contributed by atoms with Gasteiger partial charge < -0.3 is 15.0 Å². The maximum Gasteiger partial charge on any atom is 0.338 e. The normalized spacial score (nSPS) is 11.3. The Morgan fingerprint density at radius 3 is 2.74 bits per heavy atom. The molecule has 0 spiro atoms. The third-order valence-electron chi connectivity index (χ3n) is 5.64. The van der Waals surface area contributed by atoms with Crippen molar-refractivity contribution in [1.82, 2.24) is 14.9 Å². The van der Waals surface area contributed by atoms with Gasteiger partial charge in [-0.3, -0.25) is 4.98 Å². The maximum absolute atomic E-state index is 15.1. The molecule has 35 heavy (non-hydrogen) atoms.